The molecule has 0 aliphatic rings. The maximum atomic E-state index is 10.7. The van der Waals surface area contributed by atoms with E-state index in [1.165, 1.54) is 25.7 Å². The number of carbonyl (C=O) groups is 3. The van der Waals surface area contributed by atoms with Crippen LogP contribution in [-0.4, -0.2) is 17.9 Å². The monoisotopic (exact) mass is 654 g/mol. The molecule has 0 saturated carbocycles. The van der Waals surface area contributed by atoms with Gasteiger partial charge in [0.2, 0.25) is 0 Å². The topological polar surface area (TPSA) is 120 Å². The van der Waals surface area contributed by atoms with Crippen LogP contribution in [0.1, 0.15) is 159 Å². The number of hydrogen-bond donors (Lipinski definition) is 0. The summed E-state index contributed by atoms with van der Waals surface area (Å²) in [5, 5.41) is 31.9. The van der Waals surface area contributed by atoms with Crippen molar-refractivity contribution in [2.75, 3.05) is 0 Å². The first-order chi connectivity index (χ1) is 16.6. The molecule has 0 aliphatic carbocycles. The van der Waals surface area contributed by atoms with Crippen LogP contribution in [0.15, 0.2) is 0 Å². The van der Waals surface area contributed by atoms with Crippen molar-refractivity contribution >= 4 is 17.9 Å². The second-order valence-electron chi connectivity index (χ2n) is 11.6. The van der Waals surface area contributed by atoms with E-state index in [1.54, 1.807) is 34.6 Å². The summed E-state index contributed by atoms with van der Waals surface area (Å²) in [6, 6.07) is 0. The zero-order valence-corrected chi connectivity index (χ0v) is 29.3. The van der Waals surface area contributed by atoms with Crippen molar-refractivity contribution in [3.8, 4) is 0 Å². The van der Waals surface area contributed by atoms with Crippen molar-refractivity contribution in [1.29, 1.82) is 0 Å². The van der Waals surface area contributed by atoms with E-state index < -0.39 is 34.2 Å². The standard InChI is InChI=1S/3C10H20O2.Pr/c2*1-4-5-6-7-8-10(2,3)9(11)12;1-4-6-7-8-10(3,5-2)9(11)12;/h3*4-8H2,1-3H3,(H,11,12);/q;;;+3/p-3. The van der Waals surface area contributed by atoms with Gasteiger partial charge in [0.1, 0.15) is 0 Å². The molecule has 0 spiro atoms. The molecule has 0 bridgehead atoms. The molecule has 1 atom stereocenters. The molecule has 0 heterocycles. The molecule has 216 valence electrons. The van der Waals surface area contributed by atoms with E-state index in [-0.39, 0.29) is 41.3 Å². The number of unbranched alkanes of at least 4 members (excludes halogenated alkanes) is 8. The summed E-state index contributed by atoms with van der Waals surface area (Å²) in [6.45, 7) is 17.0. The van der Waals surface area contributed by atoms with E-state index >= 15 is 0 Å². The van der Waals surface area contributed by atoms with Crippen molar-refractivity contribution in [1.82, 2.24) is 0 Å². The zero-order valence-electron chi connectivity index (χ0n) is 25.6. The summed E-state index contributed by atoms with van der Waals surface area (Å²) in [5.41, 5.74) is -1.89. The summed E-state index contributed by atoms with van der Waals surface area (Å²) in [7, 11) is 0. The minimum atomic E-state index is -0.931. The Hall–Kier alpha value is -0.226. The van der Waals surface area contributed by atoms with Crippen molar-refractivity contribution in [2.45, 2.75) is 159 Å². The maximum absolute atomic E-state index is 10.7. The van der Waals surface area contributed by atoms with Crippen molar-refractivity contribution in [3.05, 3.63) is 0 Å². The fraction of sp³-hybridized carbons (Fsp3) is 0.900. The SMILES string of the molecule is CCCCCC(C)(CC)C(=O)[O-].CCCCCCC(C)(C)C(=O)[O-].CCCCCCC(C)(C)C(=O)[O-].[Pr+3]. The molecule has 0 saturated heterocycles. The fourth-order valence-electron chi connectivity index (χ4n) is 3.38. The molecule has 0 amide bonds. The predicted octanol–water partition coefficient (Wildman–Crippen LogP) is 5.20. The van der Waals surface area contributed by atoms with Gasteiger partial charge in [0, 0.05) is 34.2 Å². The first-order valence-electron chi connectivity index (χ1n) is 14.2. The van der Waals surface area contributed by atoms with Gasteiger partial charge in [-0.1, -0.05) is 133 Å². The number of hydrogen-bond acceptors (Lipinski definition) is 6. The third kappa shape index (κ3) is 24.5. The Kier molecular flexibility index (Phi) is 29.4. The van der Waals surface area contributed by atoms with Crippen molar-refractivity contribution in [2.24, 2.45) is 16.2 Å². The molecule has 0 fully saturated rings. The Labute approximate surface area is 262 Å². The molecule has 1 unspecified atom stereocenters. The van der Waals surface area contributed by atoms with Crippen LogP contribution in [0.5, 0.6) is 0 Å². The Bertz CT molecular complexity index is 555. The molecule has 7 heteroatoms. The van der Waals surface area contributed by atoms with Crippen LogP contribution in [0.3, 0.4) is 0 Å². The van der Waals surface area contributed by atoms with Gasteiger partial charge in [-0.3, -0.25) is 0 Å². The van der Waals surface area contributed by atoms with E-state index in [4.69, 9.17) is 0 Å². The van der Waals surface area contributed by atoms with E-state index in [0.717, 1.165) is 64.2 Å². The number of carboxylic acid groups (broad SMARTS) is 3. The quantitative estimate of drug-likeness (QED) is 0.188. The van der Waals surface area contributed by atoms with Crippen LogP contribution in [0.25, 0.3) is 0 Å². The van der Waals surface area contributed by atoms with E-state index in [2.05, 4.69) is 20.8 Å². The van der Waals surface area contributed by atoms with Gasteiger partial charge in [-0.2, -0.15) is 0 Å². The first-order valence-corrected chi connectivity index (χ1v) is 14.2. The fourth-order valence-corrected chi connectivity index (χ4v) is 3.38. The molecule has 0 aromatic rings. The first kappa shape index (κ1) is 43.8. The number of carbonyl (C=O) groups excluding carboxylic acids is 3. The van der Waals surface area contributed by atoms with Crippen LogP contribution in [-0.2, 0) is 14.4 Å². The van der Waals surface area contributed by atoms with E-state index in [0.29, 0.717) is 6.42 Å². The Balaban J connectivity index is -0.000000218. The number of carboxylic acids is 3. The van der Waals surface area contributed by atoms with Gasteiger partial charge >= 0.3 is 41.3 Å². The third-order valence-corrected chi connectivity index (χ3v) is 7.02. The summed E-state index contributed by atoms with van der Waals surface area (Å²) in [5.74, 6) is -2.76. The van der Waals surface area contributed by atoms with Crippen LogP contribution in [0.2, 0.25) is 0 Å². The van der Waals surface area contributed by atoms with Crippen molar-refractivity contribution in [3.63, 3.8) is 0 Å². The molecular weight excluding hydrogens is 597 g/mol. The third-order valence-electron chi connectivity index (χ3n) is 7.02. The smallest absolute Gasteiger partial charge is 0.550 e. The summed E-state index contributed by atoms with van der Waals surface area (Å²) >= 11 is 0. The van der Waals surface area contributed by atoms with Gasteiger partial charge in [0.25, 0.3) is 0 Å². The molecule has 0 aliphatic heterocycles. The summed E-state index contributed by atoms with van der Waals surface area (Å²) in [4.78, 5) is 31.9. The molecular formula is C30H57O6Pr. The van der Waals surface area contributed by atoms with Gasteiger partial charge in [-0.15, -0.1) is 0 Å². The van der Waals surface area contributed by atoms with Crippen LogP contribution >= 0.6 is 0 Å². The van der Waals surface area contributed by atoms with Gasteiger partial charge in [0.05, 0.1) is 0 Å². The largest absolute Gasteiger partial charge is 3.00 e. The molecule has 6 nitrogen and oxygen atoms in total. The van der Waals surface area contributed by atoms with Crippen LogP contribution in [0.4, 0.5) is 0 Å². The Morgan fingerprint density at radius 3 is 1.03 bits per heavy atom. The van der Waals surface area contributed by atoms with Gasteiger partial charge in [-0.05, 0) is 25.7 Å². The second kappa shape index (κ2) is 24.8. The van der Waals surface area contributed by atoms with Crippen LogP contribution < -0.4 is 15.3 Å². The molecule has 0 radical (unpaired) electrons. The average Bonchev–Trinajstić information content (AvgIpc) is 2.80. The van der Waals surface area contributed by atoms with E-state index in [1.807, 2.05) is 6.92 Å². The average molecular weight is 655 g/mol. The Morgan fingerprint density at radius 2 is 0.784 bits per heavy atom. The Morgan fingerprint density at radius 1 is 0.486 bits per heavy atom. The molecule has 37 heavy (non-hydrogen) atoms. The molecule has 0 rings (SSSR count). The summed E-state index contributed by atoms with van der Waals surface area (Å²) < 4.78 is 0. The van der Waals surface area contributed by atoms with E-state index in [9.17, 15) is 29.7 Å². The molecule has 0 aromatic carbocycles. The molecule has 0 N–H and O–H groups in total. The number of aliphatic carboxylic acids is 3. The normalized spacial score (nSPS) is 12.6. The van der Waals surface area contributed by atoms with Crippen LogP contribution in [0, 0.1) is 57.5 Å². The number of rotatable bonds is 18. The second-order valence-corrected chi connectivity index (χ2v) is 11.6. The summed E-state index contributed by atoms with van der Waals surface area (Å²) in [6.07, 6.45) is 15.1. The van der Waals surface area contributed by atoms with Crippen molar-refractivity contribution < 1.29 is 71.0 Å². The maximum Gasteiger partial charge on any atom is 3.00 e. The molecule has 0 aromatic heterocycles. The van der Waals surface area contributed by atoms with Gasteiger partial charge < -0.3 is 29.7 Å². The minimum absolute atomic E-state index is 0. The van der Waals surface area contributed by atoms with Gasteiger partial charge in [0.15, 0.2) is 0 Å². The minimum Gasteiger partial charge on any atom is -0.550 e. The predicted molar refractivity (Wildman–Crippen MR) is 143 cm³/mol. The van der Waals surface area contributed by atoms with Gasteiger partial charge in [-0.25, -0.2) is 0 Å². The zero-order chi connectivity index (χ0) is 28.8.